The third kappa shape index (κ3) is 4.52. The van der Waals surface area contributed by atoms with Crippen molar-refractivity contribution in [1.29, 1.82) is 0 Å². The van der Waals surface area contributed by atoms with Gasteiger partial charge in [0.25, 0.3) is 11.7 Å². The molecule has 3 rings (SSSR count). The van der Waals surface area contributed by atoms with Gasteiger partial charge in [-0.05, 0) is 57.8 Å². The lowest BCUT2D eigenvalue weighted by Gasteiger charge is -2.27. The van der Waals surface area contributed by atoms with Gasteiger partial charge in [0.2, 0.25) is 0 Å². The number of amides is 1. The van der Waals surface area contributed by atoms with Crippen LogP contribution in [0.25, 0.3) is 5.76 Å². The predicted molar refractivity (Wildman–Crippen MR) is 114 cm³/mol. The van der Waals surface area contributed by atoms with Gasteiger partial charge in [-0.25, -0.2) is 0 Å². The molecule has 158 valence electrons. The van der Waals surface area contributed by atoms with Crippen LogP contribution in [0.15, 0.2) is 54.4 Å². The number of aromatic nitrogens is 1. The fourth-order valence-electron chi connectivity index (χ4n) is 3.46. The molecule has 1 aliphatic rings. The van der Waals surface area contributed by atoms with Crippen LogP contribution in [0.1, 0.15) is 31.0 Å². The molecule has 0 saturated carbocycles. The third-order valence-electron chi connectivity index (χ3n) is 4.83. The van der Waals surface area contributed by atoms with E-state index in [1.807, 2.05) is 57.1 Å². The van der Waals surface area contributed by atoms with Crippen molar-refractivity contribution in [3.8, 4) is 5.75 Å². The van der Waals surface area contributed by atoms with Crippen LogP contribution in [0.3, 0.4) is 0 Å². The normalized spacial score (nSPS) is 18.5. The van der Waals surface area contributed by atoms with Gasteiger partial charge in [-0.3, -0.25) is 14.6 Å². The van der Waals surface area contributed by atoms with E-state index in [4.69, 9.17) is 4.74 Å². The summed E-state index contributed by atoms with van der Waals surface area (Å²) in [5.74, 6) is -0.872. The first kappa shape index (κ1) is 21.5. The molecule has 0 bridgehead atoms. The summed E-state index contributed by atoms with van der Waals surface area (Å²) in [6.45, 7) is 4.80. The number of carbonyl (C=O) groups is 2. The van der Waals surface area contributed by atoms with Gasteiger partial charge in [0.15, 0.2) is 0 Å². The lowest BCUT2D eigenvalue weighted by Crippen LogP contribution is -2.35. The van der Waals surface area contributed by atoms with Crippen LogP contribution in [0.5, 0.6) is 5.75 Å². The van der Waals surface area contributed by atoms with Gasteiger partial charge in [-0.2, -0.15) is 0 Å². The quantitative estimate of drug-likeness (QED) is 0.430. The summed E-state index contributed by atoms with van der Waals surface area (Å²) in [5, 5.41) is 11.0. The van der Waals surface area contributed by atoms with Crippen molar-refractivity contribution < 1.29 is 19.4 Å². The fraction of sp³-hybridized carbons (Fsp3) is 0.348. The van der Waals surface area contributed by atoms with E-state index in [0.717, 1.165) is 0 Å². The average molecular weight is 409 g/mol. The summed E-state index contributed by atoms with van der Waals surface area (Å²) in [6.07, 6.45) is 3.05. The zero-order chi connectivity index (χ0) is 21.8. The van der Waals surface area contributed by atoms with Gasteiger partial charge in [0.05, 0.1) is 17.7 Å². The van der Waals surface area contributed by atoms with E-state index in [1.165, 1.54) is 17.3 Å². The molecule has 7 nitrogen and oxygen atoms in total. The highest BCUT2D eigenvalue weighted by atomic mass is 16.5. The Morgan fingerprint density at radius 1 is 1.20 bits per heavy atom. The van der Waals surface area contributed by atoms with Gasteiger partial charge >= 0.3 is 0 Å². The lowest BCUT2D eigenvalue weighted by atomic mass is 9.95. The number of ether oxygens (including phenoxy) is 1. The molecule has 1 atom stereocenters. The molecule has 1 N–H and O–H groups in total. The summed E-state index contributed by atoms with van der Waals surface area (Å²) in [5.41, 5.74) is 1.23. The maximum absolute atomic E-state index is 13.0. The van der Waals surface area contributed by atoms with Crippen molar-refractivity contribution in [2.45, 2.75) is 26.0 Å². The number of aliphatic hydroxyl groups is 1. The second-order valence-corrected chi connectivity index (χ2v) is 7.77. The maximum atomic E-state index is 13.0. The molecule has 1 unspecified atom stereocenters. The molecule has 1 aromatic carbocycles. The SMILES string of the molecule is CC(C)Oc1cccc(C2/C(=C(/O)c3ccncc3)C(=O)C(=O)N2CCN(C)C)c1. The first-order valence-corrected chi connectivity index (χ1v) is 9.89. The summed E-state index contributed by atoms with van der Waals surface area (Å²) >= 11 is 0. The molecule has 0 radical (unpaired) electrons. The molecule has 1 fully saturated rings. The average Bonchev–Trinajstić information content (AvgIpc) is 2.96. The van der Waals surface area contributed by atoms with Gasteiger partial charge in [-0.15, -0.1) is 0 Å². The van der Waals surface area contributed by atoms with Crippen molar-refractivity contribution >= 4 is 17.4 Å². The van der Waals surface area contributed by atoms with Gasteiger partial charge in [0, 0.05) is 31.0 Å². The Kier molecular flexibility index (Phi) is 6.52. The van der Waals surface area contributed by atoms with Crippen molar-refractivity contribution in [2.24, 2.45) is 0 Å². The number of Topliss-reactive ketones (excluding diaryl/α,β-unsaturated/α-hetero) is 1. The van der Waals surface area contributed by atoms with Crippen molar-refractivity contribution in [3.63, 3.8) is 0 Å². The fourth-order valence-corrected chi connectivity index (χ4v) is 3.46. The van der Waals surface area contributed by atoms with Crippen LogP contribution in [-0.4, -0.2) is 64.9 Å². The first-order chi connectivity index (χ1) is 14.3. The molecule has 2 heterocycles. The number of benzene rings is 1. The number of likely N-dealkylation sites (N-methyl/N-ethyl adjacent to an activating group) is 1. The molecule has 0 aliphatic carbocycles. The Hall–Kier alpha value is -3.19. The standard InChI is InChI=1S/C23H27N3O4/c1-15(2)30-18-7-5-6-17(14-18)20-19(21(27)16-8-10-24-11-9-16)22(28)23(29)26(20)13-12-25(3)4/h5-11,14-15,20,27H,12-13H2,1-4H3/b21-19-. The minimum atomic E-state index is -0.700. The molecule has 1 aromatic heterocycles. The van der Waals surface area contributed by atoms with Crippen LogP contribution < -0.4 is 4.74 Å². The number of nitrogens with zero attached hydrogens (tertiary/aromatic N) is 3. The van der Waals surface area contributed by atoms with Crippen molar-refractivity contribution in [1.82, 2.24) is 14.8 Å². The van der Waals surface area contributed by atoms with E-state index >= 15 is 0 Å². The summed E-state index contributed by atoms with van der Waals surface area (Å²) in [6, 6.07) is 9.83. The van der Waals surface area contributed by atoms with Crippen LogP contribution in [0.2, 0.25) is 0 Å². The third-order valence-corrected chi connectivity index (χ3v) is 4.83. The molecule has 2 aromatic rings. The summed E-state index contributed by atoms with van der Waals surface area (Å²) in [7, 11) is 3.80. The minimum absolute atomic E-state index is 0.0165. The minimum Gasteiger partial charge on any atom is -0.507 e. The largest absolute Gasteiger partial charge is 0.507 e. The van der Waals surface area contributed by atoms with Crippen molar-refractivity contribution in [2.75, 3.05) is 27.2 Å². The molecule has 30 heavy (non-hydrogen) atoms. The number of carbonyl (C=O) groups excluding carboxylic acids is 2. The number of pyridine rings is 1. The number of hydrogen-bond acceptors (Lipinski definition) is 6. The van der Waals surface area contributed by atoms with E-state index in [1.54, 1.807) is 12.1 Å². The molecule has 0 spiro atoms. The van der Waals surface area contributed by atoms with Crippen LogP contribution in [0, 0.1) is 0 Å². The van der Waals surface area contributed by atoms with Crippen LogP contribution in [-0.2, 0) is 9.59 Å². The Balaban J connectivity index is 2.13. The topological polar surface area (TPSA) is 83.0 Å². The van der Waals surface area contributed by atoms with E-state index in [2.05, 4.69) is 4.98 Å². The van der Waals surface area contributed by atoms with Gasteiger partial charge in [-0.1, -0.05) is 12.1 Å². The summed E-state index contributed by atoms with van der Waals surface area (Å²) < 4.78 is 5.80. The molecule has 1 saturated heterocycles. The lowest BCUT2D eigenvalue weighted by molar-refractivity contribution is -0.140. The second-order valence-electron chi connectivity index (χ2n) is 7.77. The number of hydrogen-bond donors (Lipinski definition) is 1. The Bertz CT molecular complexity index is 954. The Morgan fingerprint density at radius 3 is 2.53 bits per heavy atom. The first-order valence-electron chi connectivity index (χ1n) is 9.89. The molecular formula is C23H27N3O4. The van der Waals surface area contributed by atoms with Gasteiger partial charge < -0.3 is 19.6 Å². The monoisotopic (exact) mass is 409 g/mol. The van der Waals surface area contributed by atoms with Crippen molar-refractivity contribution in [3.05, 3.63) is 65.5 Å². The zero-order valence-electron chi connectivity index (χ0n) is 17.7. The highest BCUT2D eigenvalue weighted by molar-refractivity contribution is 6.46. The number of aliphatic hydroxyl groups excluding tert-OH is 1. The number of rotatable bonds is 7. The molecular weight excluding hydrogens is 382 g/mol. The smallest absolute Gasteiger partial charge is 0.295 e. The highest BCUT2D eigenvalue weighted by Gasteiger charge is 2.46. The van der Waals surface area contributed by atoms with Crippen LogP contribution in [0.4, 0.5) is 0 Å². The number of ketones is 1. The number of likely N-dealkylation sites (tertiary alicyclic amines) is 1. The Labute approximate surface area is 176 Å². The molecule has 7 heteroatoms. The van der Waals surface area contributed by atoms with E-state index in [9.17, 15) is 14.7 Å². The molecule has 1 aliphatic heterocycles. The zero-order valence-corrected chi connectivity index (χ0v) is 17.7. The maximum Gasteiger partial charge on any atom is 0.295 e. The highest BCUT2D eigenvalue weighted by Crippen LogP contribution is 2.40. The van der Waals surface area contributed by atoms with Crippen LogP contribution >= 0.6 is 0 Å². The Morgan fingerprint density at radius 2 is 1.90 bits per heavy atom. The van der Waals surface area contributed by atoms with E-state index in [-0.39, 0.29) is 17.4 Å². The van der Waals surface area contributed by atoms with Gasteiger partial charge in [0.1, 0.15) is 11.5 Å². The van der Waals surface area contributed by atoms with E-state index < -0.39 is 17.7 Å². The summed E-state index contributed by atoms with van der Waals surface area (Å²) in [4.78, 5) is 33.2. The van der Waals surface area contributed by atoms with E-state index in [0.29, 0.717) is 30.0 Å². The predicted octanol–water partition coefficient (Wildman–Crippen LogP) is 2.85. The molecule has 1 amide bonds. The second kappa shape index (κ2) is 9.09.